The first kappa shape index (κ1) is 22.4. The number of aliphatic hydroxyl groups excluding tert-OH is 1. The minimum absolute atomic E-state index is 0.0490. The lowest BCUT2D eigenvalue weighted by atomic mass is 9.43. The van der Waals surface area contributed by atoms with Crippen LogP contribution < -0.4 is 0 Å². The van der Waals surface area contributed by atoms with Gasteiger partial charge in [0.25, 0.3) is 0 Å². The molecule has 30 heavy (non-hydrogen) atoms. The van der Waals surface area contributed by atoms with E-state index in [2.05, 4.69) is 46.8 Å². The number of fused-ring (bicyclic) bond motifs is 5. The van der Waals surface area contributed by atoms with Gasteiger partial charge in [-0.25, -0.2) is 0 Å². The van der Waals surface area contributed by atoms with Gasteiger partial charge < -0.3 is 5.11 Å². The van der Waals surface area contributed by atoms with Crippen LogP contribution in [0.25, 0.3) is 0 Å². The molecule has 2 nitrogen and oxygen atoms in total. The summed E-state index contributed by atoms with van der Waals surface area (Å²) in [5.41, 5.74) is 1.88. The summed E-state index contributed by atoms with van der Waals surface area (Å²) in [6.07, 6.45) is 15.1. The zero-order valence-corrected chi connectivity index (χ0v) is 20.2. The highest BCUT2D eigenvalue weighted by Gasteiger charge is 2.62. The maximum atomic E-state index is 10.4. The summed E-state index contributed by atoms with van der Waals surface area (Å²) in [7, 11) is 0. The molecule has 4 aliphatic carbocycles. The molecule has 0 unspecified atom stereocenters. The van der Waals surface area contributed by atoms with Crippen LogP contribution in [0.4, 0.5) is 0 Å². The first-order chi connectivity index (χ1) is 14.2. The molecule has 2 heteroatoms. The molecule has 0 heterocycles. The quantitative estimate of drug-likeness (QED) is 0.483. The Hall–Kier alpha value is -0.810. The lowest BCUT2D eigenvalue weighted by Crippen LogP contribution is -2.55. The van der Waals surface area contributed by atoms with Crippen molar-refractivity contribution in [2.24, 2.45) is 45.8 Å². The molecular weight excluding hydrogens is 366 g/mol. The van der Waals surface area contributed by atoms with Crippen LogP contribution in [0.3, 0.4) is 0 Å². The SMILES string of the molecule is CC(C)CCC[C@@H](C)[C@H]1CC[C@H]2C3=CC[C@@]4(C#N)C[C@H](O)CC[C@]4(C)[C@H]3CC[C@]12C. The lowest BCUT2D eigenvalue weighted by molar-refractivity contribution is -0.0775. The van der Waals surface area contributed by atoms with Crippen molar-refractivity contribution < 1.29 is 5.11 Å². The predicted molar refractivity (Wildman–Crippen MR) is 124 cm³/mol. The van der Waals surface area contributed by atoms with Gasteiger partial charge in [0.1, 0.15) is 0 Å². The smallest absolute Gasteiger partial charge is 0.0700 e. The largest absolute Gasteiger partial charge is 0.393 e. The average molecular weight is 412 g/mol. The van der Waals surface area contributed by atoms with Gasteiger partial charge in [-0.2, -0.15) is 5.26 Å². The van der Waals surface area contributed by atoms with Gasteiger partial charge >= 0.3 is 0 Å². The van der Waals surface area contributed by atoms with Crippen molar-refractivity contribution in [3.63, 3.8) is 0 Å². The second-order valence-electron chi connectivity index (χ2n) is 12.6. The number of hydrogen-bond donors (Lipinski definition) is 1. The fraction of sp³-hybridized carbons (Fsp3) is 0.893. The molecule has 1 N–H and O–H groups in total. The van der Waals surface area contributed by atoms with E-state index in [1.165, 1.54) is 44.9 Å². The molecule has 3 fully saturated rings. The van der Waals surface area contributed by atoms with Crippen molar-refractivity contribution in [2.45, 2.75) is 111 Å². The van der Waals surface area contributed by atoms with Crippen LogP contribution in [-0.2, 0) is 0 Å². The highest BCUT2D eigenvalue weighted by molar-refractivity contribution is 5.32. The highest BCUT2D eigenvalue weighted by atomic mass is 16.3. The van der Waals surface area contributed by atoms with E-state index in [9.17, 15) is 10.4 Å². The Bertz CT molecular complexity index is 719. The molecule has 168 valence electrons. The second-order valence-corrected chi connectivity index (χ2v) is 12.6. The van der Waals surface area contributed by atoms with Crippen molar-refractivity contribution in [3.8, 4) is 6.07 Å². The van der Waals surface area contributed by atoms with Gasteiger partial charge in [-0.1, -0.05) is 65.5 Å². The minimum atomic E-state index is -0.352. The van der Waals surface area contributed by atoms with Crippen molar-refractivity contribution in [1.29, 1.82) is 5.26 Å². The predicted octanol–water partition coefficient (Wildman–Crippen LogP) is 7.28. The Balaban J connectivity index is 1.56. The molecule has 0 aromatic carbocycles. The van der Waals surface area contributed by atoms with E-state index < -0.39 is 0 Å². The Morgan fingerprint density at radius 3 is 2.53 bits per heavy atom. The third-order valence-electron chi connectivity index (χ3n) is 10.7. The summed E-state index contributed by atoms with van der Waals surface area (Å²) in [6, 6.07) is 2.75. The summed E-state index contributed by atoms with van der Waals surface area (Å²) < 4.78 is 0. The Morgan fingerprint density at radius 2 is 1.83 bits per heavy atom. The lowest BCUT2D eigenvalue weighted by Gasteiger charge is -2.60. The molecule has 0 spiro atoms. The van der Waals surface area contributed by atoms with Gasteiger partial charge in [0.2, 0.25) is 0 Å². The van der Waals surface area contributed by atoms with Crippen LogP contribution in [0.2, 0.25) is 0 Å². The van der Waals surface area contributed by atoms with Gasteiger partial charge in [-0.3, -0.25) is 0 Å². The molecular formula is C28H45NO. The van der Waals surface area contributed by atoms with Crippen LogP contribution in [0.5, 0.6) is 0 Å². The fourth-order valence-electron chi connectivity index (χ4n) is 8.77. The molecule has 0 bridgehead atoms. The standard InChI is InChI=1S/C28H45NO/c1-19(2)7-6-8-20(3)23-9-10-24-22-12-16-28(18-29)17-21(30)11-15-27(28,5)25(22)13-14-26(23,24)4/h12,19-21,23-25,30H,6-11,13-17H2,1-5H3/t20-,21-,23-,24+,25+,26-,27-,28+/m1/s1. The van der Waals surface area contributed by atoms with Crippen molar-refractivity contribution in [3.05, 3.63) is 11.6 Å². The third-order valence-corrected chi connectivity index (χ3v) is 10.7. The monoisotopic (exact) mass is 411 g/mol. The molecule has 0 aliphatic heterocycles. The number of aliphatic hydroxyl groups is 1. The van der Waals surface area contributed by atoms with E-state index in [4.69, 9.17) is 0 Å². The molecule has 0 saturated heterocycles. The third kappa shape index (κ3) is 3.30. The van der Waals surface area contributed by atoms with Crippen LogP contribution in [0, 0.1) is 57.2 Å². The summed E-state index contributed by atoms with van der Waals surface area (Å²) in [5, 5.41) is 20.6. The molecule has 3 saturated carbocycles. The number of allylic oxidation sites excluding steroid dienone is 2. The number of rotatable bonds is 5. The summed E-state index contributed by atoms with van der Waals surface area (Å²) in [6.45, 7) is 12.2. The topological polar surface area (TPSA) is 44.0 Å². The van der Waals surface area contributed by atoms with E-state index in [1.54, 1.807) is 5.57 Å². The molecule has 4 aliphatic rings. The van der Waals surface area contributed by atoms with E-state index in [-0.39, 0.29) is 16.9 Å². The minimum Gasteiger partial charge on any atom is -0.393 e. The number of nitrogens with zero attached hydrogens (tertiary/aromatic N) is 1. The zero-order chi connectivity index (χ0) is 21.7. The van der Waals surface area contributed by atoms with Gasteiger partial charge in [-0.15, -0.1) is 0 Å². The number of hydrogen-bond acceptors (Lipinski definition) is 2. The van der Waals surface area contributed by atoms with Crippen LogP contribution in [0.15, 0.2) is 11.6 Å². The summed E-state index contributed by atoms with van der Waals surface area (Å²) in [4.78, 5) is 0. The van der Waals surface area contributed by atoms with Crippen molar-refractivity contribution >= 4 is 0 Å². The van der Waals surface area contributed by atoms with E-state index in [1.807, 2.05) is 0 Å². The second kappa shape index (κ2) is 7.95. The first-order valence-electron chi connectivity index (χ1n) is 13.0. The van der Waals surface area contributed by atoms with Crippen LogP contribution in [0.1, 0.15) is 105 Å². The highest BCUT2D eigenvalue weighted by Crippen LogP contribution is 2.69. The number of nitriles is 1. The molecule has 8 atom stereocenters. The maximum absolute atomic E-state index is 10.4. The Labute approximate surface area is 185 Å². The van der Waals surface area contributed by atoms with Crippen molar-refractivity contribution in [1.82, 2.24) is 0 Å². The fourth-order valence-corrected chi connectivity index (χ4v) is 8.77. The Morgan fingerprint density at radius 1 is 1.07 bits per heavy atom. The molecule has 0 radical (unpaired) electrons. The van der Waals surface area contributed by atoms with Gasteiger partial charge in [0.05, 0.1) is 17.6 Å². The van der Waals surface area contributed by atoms with Gasteiger partial charge in [0, 0.05) is 0 Å². The zero-order valence-electron chi connectivity index (χ0n) is 20.2. The summed E-state index contributed by atoms with van der Waals surface area (Å²) >= 11 is 0. The summed E-state index contributed by atoms with van der Waals surface area (Å²) in [5.74, 6) is 3.81. The molecule has 0 amide bonds. The van der Waals surface area contributed by atoms with Crippen LogP contribution >= 0.6 is 0 Å². The van der Waals surface area contributed by atoms with E-state index in [0.717, 1.165) is 42.9 Å². The normalized spacial score (nSPS) is 46.4. The molecule has 0 aromatic heterocycles. The average Bonchev–Trinajstić information content (AvgIpc) is 3.05. The first-order valence-corrected chi connectivity index (χ1v) is 13.0. The Kier molecular flexibility index (Phi) is 5.93. The van der Waals surface area contributed by atoms with E-state index in [0.29, 0.717) is 17.8 Å². The van der Waals surface area contributed by atoms with Gasteiger partial charge in [0.15, 0.2) is 0 Å². The molecule has 4 rings (SSSR count). The van der Waals surface area contributed by atoms with Gasteiger partial charge in [-0.05, 0) is 91.8 Å². The van der Waals surface area contributed by atoms with Crippen molar-refractivity contribution in [2.75, 3.05) is 0 Å². The van der Waals surface area contributed by atoms with E-state index >= 15 is 0 Å². The molecule has 0 aromatic rings. The maximum Gasteiger partial charge on any atom is 0.0700 e. The van der Waals surface area contributed by atoms with Crippen LogP contribution in [-0.4, -0.2) is 11.2 Å².